The van der Waals surface area contributed by atoms with Crippen molar-refractivity contribution in [1.29, 1.82) is 0 Å². The molecule has 0 unspecified atom stereocenters. The summed E-state index contributed by atoms with van der Waals surface area (Å²) in [5.41, 5.74) is 1.21. The number of rotatable bonds is 5. The number of pyridine rings is 1. The molecule has 0 aromatic carbocycles. The van der Waals surface area contributed by atoms with Crippen LogP contribution in [0.15, 0.2) is 18.3 Å². The number of ether oxygens (including phenoxy) is 1. The summed E-state index contributed by atoms with van der Waals surface area (Å²) in [4.78, 5) is 4.15. The second-order valence-corrected chi connectivity index (χ2v) is 3.78. The molecule has 0 saturated heterocycles. The quantitative estimate of drug-likeness (QED) is 0.769. The highest BCUT2D eigenvalue weighted by molar-refractivity contribution is 5.17. The smallest absolute Gasteiger partial charge is 0.212 e. The number of aromatic nitrogens is 1. The van der Waals surface area contributed by atoms with Gasteiger partial charge in [0.2, 0.25) is 5.88 Å². The van der Waals surface area contributed by atoms with E-state index in [4.69, 9.17) is 4.74 Å². The van der Waals surface area contributed by atoms with Crippen LogP contribution >= 0.6 is 0 Å². The predicted octanol–water partition coefficient (Wildman–Crippen LogP) is 1.59. The van der Waals surface area contributed by atoms with Crippen molar-refractivity contribution >= 4 is 0 Å². The van der Waals surface area contributed by atoms with Gasteiger partial charge in [-0.05, 0) is 30.9 Å². The molecule has 1 saturated carbocycles. The van der Waals surface area contributed by atoms with Crippen LogP contribution in [-0.2, 0) is 6.54 Å². The van der Waals surface area contributed by atoms with Gasteiger partial charge in [-0.1, -0.05) is 6.07 Å². The number of hydrogen-bond donors (Lipinski definition) is 1. The summed E-state index contributed by atoms with van der Waals surface area (Å²) in [6.45, 7) is 2.06. The summed E-state index contributed by atoms with van der Waals surface area (Å²) < 4.78 is 4.99. The van der Waals surface area contributed by atoms with Crippen LogP contribution < -0.4 is 10.1 Å². The van der Waals surface area contributed by atoms with Crippen molar-refractivity contribution in [2.45, 2.75) is 19.4 Å². The molecule has 1 heterocycles. The van der Waals surface area contributed by atoms with Crippen LogP contribution in [0.3, 0.4) is 0 Å². The Balaban J connectivity index is 1.77. The van der Waals surface area contributed by atoms with Gasteiger partial charge in [0.15, 0.2) is 0 Å². The van der Waals surface area contributed by atoms with E-state index in [1.165, 1.54) is 18.4 Å². The van der Waals surface area contributed by atoms with E-state index in [9.17, 15) is 0 Å². The van der Waals surface area contributed by atoms with Crippen LogP contribution in [0.1, 0.15) is 18.4 Å². The molecule has 3 nitrogen and oxygen atoms in total. The fraction of sp³-hybridized carbons (Fsp3) is 0.545. The van der Waals surface area contributed by atoms with Gasteiger partial charge < -0.3 is 10.1 Å². The van der Waals surface area contributed by atoms with Crippen molar-refractivity contribution in [1.82, 2.24) is 10.3 Å². The number of nitrogens with one attached hydrogen (secondary N) is 1. The molecule has 0 amide bonds. The molecule has 1 aliphatic rings. The molecule has 2 rings (SSSR count). The van der Waals surface area contributed by atoms with E-state index in [0.717, 1.165) is 19.0 Å². The molecule has 1 fully saturated rings. The topological polar surface area (TPSA) is 34.1 Å². The third kappa shape index (κ3) is 2.70. The Kier molecular flexibility index (Phi) is 2.99. The second kappa shape index (κ2) is 4.42. The Hall–Kier alpha value is -1.09. The average molecular weight is 192 g/mol. The van der Waals surface area contributed by atoms with Gasteiger partial charge in [-0.2, -0.15) is 0 Å². The van der Waals surface area contributed by atoms with E-state index in [2.05, 4.69) is 10.3 Å². The fourth-order valence-corrected chi connectivity index (χ4v) is 1.38. The van der Waals surface area contributed by atoms with E-state index in [0.29, 0.717) is 5.88 Å². The van der Waals surface area contributed by atoms with Gasteiger partial charge in [-0.25, -0.2) is 4.98 Å². The summed E-state index contributed by atoms with van der Waals surface area (Å²) in [6.07, 6.45) is 4.65. The van der Waals surface area contributed by atoms with Crippen molar-refractivity contribution in [3.05, 3.63) is 23.9 Å². The Morgan fingerprint density at radius 3 is 2.93 bits per heavy atom. The maximum absolute atomic E-state index is 4.99. The summed E-state index contributed by atoms with van der Waals surface area (Å²) in [5.74, 6) is 1.61. The van der Waals surface area contributed by atoms with Crippen molar-refractivity contribution in [2.24, 2.45) is 5.92 Å². The number of nitrogens with zero attached hydrogens (tertiary/aromatic N) is 1. The van der Waals surface area contributed by atoms with Gasteiger partial charge in [-0.15, -0.1) is 0 Å². The first-order valence-electron chi connectivity index (χ1n) is 5.08. The highest BCUT2D eigenvalue weighted by Crippen LogP contribution is 2.27. The molecule has 0 bridgehead atoms. The highest BCUT2D eigenvalue weighted by Gasteiger charge is 2.19. The lowest BCUT2D eigenvalue weighted by atomic mass is 10.3. The maximum atomic E-state index is 4.99. The molecule has 14 heavy (non-hydrogen) atoms. The molecule has 76 valence electrons. The molecule has 3 heteroatoms. The zero-order valence-corrected chi connectivity index (χ0v) is 8.49. The van der Waals surface area contributed by atoms with Gasteiger partial charge in [0, 0.05) is 18.8 Å². The van der Waals surface area contributed by atoms with Crippen LogP contribution in [0.4, 0.5) is 0 Å². The third-order valence-electron chi connectivity index (χ3n) is 2.47. The fourth-order valence-electron chi connectivity index (χ4n) is 1.38. The highest BCUT2D eigenvalue weighted by atomic mass is 16.5. The molecule has 0 spiro atoms. The van der Waals surface area contributed by atoms with Crippen LogP contribution in [-0.4, -0.2) is 18.6 Å². The van der Waals surface area contributed by atoms with Crippen LogP contribution in [0.2, 0.25) is 0 Å². The van der Waals surface area contributed by atoms with Crippen molar-refractivity contribution in [3.63, 3.8) is 0 Å². The SMILES string of the molecule is COc1ccc(CNCC2CC2)cn1. The number of methoxy groups -OCH3 is 1. The molecule has 1 aromatic rings. The normalized spacial score (nSPS) is 15.5. The second-order valence-electron chi connectivity index (χ2n) is 3.78. The Labute approximate surface area is 84.5 Å². The minimum atomic E-state index is 0.677. The summed E-state index contributed by atoms with van der Waals surface area (Å²) in [5, 5.41) is 3.42. The third-order valence-corrected chi connectivity index (χ3v) is 2.47. The molecule has 1 aromatic heterocycles. The zero-order valence-electron chi connectivity index (χ0n) is 8.49. The lowest BCUT2D eigenvalue weighted by molar-refractivity contribution is 0.397. The van der Waals surface area contributed by atoms with Gasteiger partial charge in [-0.3, -0.25) is 0 Å². The minimum absolute atomic E-state index is 0.677. The standard InChI is InChI=1S/C11H16N2O/c1-14-11-5-4-10(8-13-11)7-12-6-9-2-3-9/h4-5,8-9,12H,2-3,6-7H2,1H3. The Morgan fingerprint density at radius 1 is 1.50 bits per heavy atom. The maximum Gasteiger partial charge on any atom is 0.212 e. The Morgan fingerprint density at radius 2 is 2.36 bits per heavy atom. The first-order chi connectivity index (χ1) is 6.88. The minimum Gasteiger partial charge on any atom is -0.481 e. The van der Waals surface area contributed by atoms with Gasteiger partial charge in [0.25, 0.3) is 0 Å². The summed E-state index contributed by atoms with van der Waals surface area (Å²) in [6, 6.07) is 3.94. The first kappa shape index (κ1) is 9.46. The van der Waals surface area contributed by atoms with Crippen LogP contribution in [0.25, 0.3) is 0 Å². The predicted molar refractivity (Wildman–Crippen MR) is 55.2 cm³/mol. The van der Waals surface area contributed by atoms with E-state index in [1.807, 2.05) is 18.3 Å². The van der Waals surface area contributed by atoms with Crippen molar-refractivity contribution in [3.8, 4) is 5.88 Å². The largest absolute Gasteiger partial charge is 0.481 e. The first-order valence-corrected chi connectivity index (χ1v) is 5.08. The van der Waals surface area contributed by atoms with Gasteiger partial charge >= 0.3 is 0 Å². The molecule has 0 radical (unpaired) electrons. The monoisotopic (exact) mass is 192 g/mol. The average Bonchev–Trinajstić information content (AvgIpc) is 3.03. The van der Waals surface area contributed by atoms with Gasteiger partial charge in [0.05, 0.1) is 7.11 Å². The summed E-state index contributed by atoms with van der Waals surface area (Å²) >= 11 is 0. The van der Waals surface area contributed by atoms with E-state index >= 15 is 0 Å². The summed E-state index contributed by atoms with van der Waals surface area (Å²) in [7, 11) is 1.63. The molecule has 1 N–H and O–H groups in total. The molecular formula is C11H16N2O. The van der Waals surface area contributed by atoms with Crippen LogP contribution in [0, 0.1) is 5.92 Å². The lowest BCUT2D eigenvalue weighted by Gasteiger charge is -2.04. The lowest BCUT2D eigenvalue weighted by Crippen LogP contribution is -2.16. The molecule has 0 aliphatic heterocycles. The number of hydrogen-bond acceptors (Lipinski definition) is 3. The van der Waals surface area contributed by atoms with Crippen molar-refractivity contribution < 1.29 is 4.74 Å². The van der Waals surface area contributed by atoms with Crippen LogP contribution in [0.5, 0.6) is 5.88 Å². The van der Waals surface area contributed by atoms with Gasteiger partial charge in [0.1, 0.15) is 0 Å². The van der Waals surface area contributed by atoms with E-state index < -0.39 is 0 Å². The van der Waals surface area contributed by atoms with E-state index in [-0.39, 0.29) is 0 Å². The molecule has 1 aliphatic carbocycles. The van der Waals surface area contributed by atoms with E-state index in [1.54, 1.807) is 7.11 Å². The molecular weight excluding hydrogens is 176 g/mol. The zero-order chi connectivity index (χ0) is 9.80. The Bertz CT molecular complexity index is 280. The van der Waals surface area contributed by atoms with Crippen molar-refractivity contribution in [2.75, 3.05) is 13.7 Å². The molecule has 0 atom stereocenters.